The molecule has 0 spiro atoms. The number of benzene rings is 2. The van der Waals surface area contributed by atoms with Gasteiger partial charge >= 0.3 is 0 Å². The van der Waals surface area contributed by atoms with Crippen molar-refractivity contribution in [1.82, 2.24) is 14.9 Å². The molecule has 2 aromatic heterocycles. The van der Waals surface area contributed by atoms with Crippen LogP contribution in [0.1, 0.15) is 16.8 Å². The van der Waals surface area contributed by atoms with Crippen molar-refractivity contribution >= 4 is 0 Å². The molecule has 8 nitrogen and oxygen atoms in total. The summed E-state index contributed by atoms with van der Waals surface area (Å²) in [4.78, 5) is 0. The zero-order valence-corrected chi connectivity index (χ0v) is 19.0. The van der Waals surface area contributed by atoms with Crippen LogP contribution in [0.2, 0.25) is 0 Å². The molecular weight excluding hydrogens is 422 g/mol. The molecule has 0 amide bonds. The molecule has 1 aliphatic carbocycles. The summed E-state index contributed by atoms with van der Waals surface area (Å²) in [5, 5.41) is 9.06. The Morgan fingerprint density at radius 2 is 1.64 bits per heavy atom. The third-order valence-corrected chi connectivity index (χ3v) is 5.98. The molecule has 8 heteroatoms. The summed E-state index contributed by atoms with van der Waals surface area (Å²) in [6, 6.07) is 11.8. The Labute approximate surface area is 191 Å². The topological polar surface area (TPSA) is 80.8 Å². The molecule has 5 rings (SSSR count). The predicted molar refractivity (Wildman–Crippen MR) is 122 cm³/mol. The molecule has 0 aliphatic heterocycles. The van der Waals surface area contributed by atoms with E-state index in [9.17, 15) is 0 Å². The Kier molecular flexibility index (Phi) is 5.42. The van der Waals surface area contributed by atoms with Crippen LogP contribution in [0, 0.1) is 0 Å². The second kappa shape index (κ2) is 8.54. The fourth-order valence-corrected chi connectivity index (χ4v) is 4.37. The first-order chi connectivity index (χ1) is 16.2. The predicted octanol–water partition coefficient (Wildman–Crippen LogP) is 4.39. The smallest absolute Gasteiger partial charge is 0.203 e. The Balaban J connectivity index is 1.63. The van der Waals surface area contributed by atoms with Crippen LogP contribution in [0.25, 0.3) is 22.6 Å². The first-order valence-corrected chi connectivity index (χ1v) is 10.6. The van der Waals surface area contributed by atoms with E-state index in [2.05, 4.69) is 5.16 Å². The van der Waals surface area contributed by atoms with Gasteiger partial charge in [-0.25, -0.2) is 0 Å². The zero-order valence-electron chi connectivity index (χ0n) is 19.0. The molecule has 2 aromatic carbocycles. The van der Waals surface area contributed by atoms with E-state index >= 15 is 0 Å². The molecule has 0 N–H and O–H groups in total. The maximum Gasteiger partial charge on any atom is 0.203 e. The van der Waals surface area contributed by atoms with Crippen LogP contribution < -0.4 is 18.9 Å². The Bertz CT molecular complexity index is 1270. The second-order valence-corrected chi connectivity index (χ2v) is 7.77. The Morgan fingerprint density at radius 3 is 2.27 bits per heavy atom. The third-order valence-electron chi connectivity index (χ3n) is 5.98. The van der Waals surface area contributed by atoms with Crippen molar-refractivity contribution in [2.75, 3.05) is 28.4 Å². The lowest BCUT2D eigenvalue weighted by Crippen LogP contribution is -2.10. The molecule has 2 heterocycles. The number of aryl methyl sites for hydroxylation is 1. The Hall–Kier alpha value is -3.94. The lowest BCUT2D eigenvalue weighted by molar-refractivity contribution is 0.323. The fourth-order valence-electron chi connectivity index (χ4n) is 4.37. The van der Waals surface area contributed by atoms with Gasteiger partial charge in [0.05, 0.1) is 52.4 Å². The van der Waals surface area contributed by atoms with E-state index < -0.39 is 0 Å². The summed E-state index contributed by atoms with van der Waals surface area (Å²) >= 11 is 0. The van der Waals surface area contributed by atoms with Gasteiger partial charge in [0.25, 0.3) is 0 Å². The highest BCUT2D eigenvalue weighted by Crippen LogP contribution is 2.42. The number of methoxy groups -OCH3 is 4. The van der Waals surface area contributed by atoms with Gasteiger partial charge in [0.2, 0.25) is 5.75 Å². The van der Waals surface area contributed by atoms with Crippen LogP contribution in [0.4, 0.5) is 0 Å². The van der Waals surface area contributed by atoms with Crippen LogP contribution >= 0.6 is 0 Å². The number of aromatic nitrogens is 3. The molecule has 0 fully saturated rings. The summed E-state index contributed by atoms with van der Waals surface area (Å²) in [6.45, 7) is 0.540. The number of rotatable bonds is 7. The minimum Gasteiger partial charge on any atom is -0.497 e. The minimum absolute atomic E-state index is 0.540. The second-order valence-electron chi connectivity index (χ2n) is 7.77. The van der Waals surface area contributed by atoms with Crippen molar-refractivity contribution in [1.29, 1.82) is 0 Å². The number of hydrogen-bond donors (Lipinski definition) is 0. The van der Waals surface area contributed by atoms with Crippen molar-refractivity contribution in [3.8, 4) is 45.6 Å². The number of fused-ring (bicyclic) bond motifs is 3. The van der Waals surface area contributed by atoms with Crippen LogP contribution in [-0.4, -0.2) is 43.4 Å². The third kappa shape index (κ3) is 3.57. The zero-order chi connectivity index (χ0) is 22.9. The molecule has 33 heavy (non-hydrogen) atoms. The quantitative estimate of drug-likeness (QED) is 0.416. The lowest BCUT2D eigenvalue weighted by atomic mass is 9.92. The van der Waals surface area contributed by atoms with Gasteiger partial charge < -0.3 is 23.5 Å². The fraction of sp³-hybridized carbons (Fsp3) is 0.280. The summed E-state index contributed by atoms with van der Waals surface area (Å²) < 4.78 is 29.5. The molecule has 1 aliphatic rings. The summed E-state index contributed by atoms with van der Waals surface area (Å²) in [6.07, 6.45) is 3.50. The van der Waals surface area contributed by atoms with Gasteiger partial charge in [0.1, 0.15) is 11.4 Å². The lowest BCUT2D eigenvalue weighted by Gasteiger charge is -2.16. The first kappa shape index (κ1) is 20.9. The normalized spacial score (nSPS) is 12.1. The van der Waals surface area contributed by atoms with Crippen LogP contribution in [0.3, 0.4) is 0 Å². The van der Waals surface area contributed by atoms with Crippen molar-refractivity contribution in [3.05, 3.63) is 59.4 Å². The average molecular weight is 447 g/mol. The van der Waals surface area contributed by atoms with Gasteiger partial charge in [-0.05, 0) is 54.8 Å². The van der Waals surface area contributed by atoms with Crippen molar-refractivity contribution in [2.45, 2.75) is 19.4 Å². The molecule has 0 atom stereocenters. The van der Waals surface area contributed by atoms with E-state index in [1.54, 1.807) is 34.6 Å². The standard InChI is InChI=1S/C25H25N3O5/c1-29-18-8-5-16(6-9-18)23-22-19(10-7-17-13-26-33-24(17)22)28(27-23)14-15-11-20(30-2)25(32-4)21(12-15)31-3/h5-6,8-9,11-13H,7,10,14H2,1-4H3. The van der Waals surface area contributed by atoms with Gasteiger partial charge in [-0.3, -0.25) is 4.68 Å². The largest absolute Gasteiger partial charge is 0.497 e. The van der Waals surface area contributed by atoms with E-state index in [0.717, 1.165) is 58.0 Å². The summed E-state index contributed by atoms with van der Waals surface area (Å²) in [7, 11) is 6.48. The molecule has 4 aromatic rings. The van der Waals surface area contributed by atoms with Crippen molar-refractivity contribution in [3.63, 3.8) is 0 Å². The van der Waals surface area contributed by atoms with Crippen molar-refractivity contribution in [2.24, 2.45) is 0 Å². The molecule has 0 bridgehead atoms. The summed E-state index contributed by atoms with van der Waals surface area (Å²) in [5.74, 6) is 3.38. The molecule has 0 saturated heterocycles. The number of nitrogens with zero attached hydrogens (tertiary/aromatic N) is 3. The number of hydrogen-bond acceptors (Lipinski definition) is 7. The highest BCUT2D eigenvalue weighted by molar-refractivity contribution is 5.83. The molecule has 0 radical (unpaired) electrons. The van der Waals surface area contributed by atoms with E-state index in [1.165, 1.54) is 0 Å². The van der Waals surface area contributed by atoms with E-state index in [-0.39, 0.29) is 0 Å². The monoisotopic (exact) mass is 447 g/mol. The van der Waals surface area contributed by atoms with Crippen LogP contribution in [0.15, 0.2) is 47.1 Å². The molecule has 170 valence electrons. The number of ether oxygens (including phenoxy) is 4. The van der Waals surface area contributed by atoms with Gasteiger partial charge in [0.15, 0.2) is 17.3 Å². The van der Waals surface area contributed by atoms with Crippen LogP contribution in [-0.2, 0) is 19.4 Å². The van der Waals surface area contributed by atoms with Gasteiger partial charge in [0, 0.05) is 11.1 Å². The van der Waals surface area contributed by atoms with Gasteiger partial charge in [-0.15, -0.1) is 0 Å². The molecule has 0 saturated carbocycles. The molecule has 0 unspecified atom stereocenters. The highest BCUT2D eigenvalue weighted by Gasteiger charge is 2.29. The van der Waals surface area contributed by atoms with E-state index in [1.807, 2.05) is 41.1 Å². The minimum atomic E-state index is 0.540. The summed E-state index contributed by atoms with van der Waals surface area (Å²) in [5.41, 5.74) is 6.03. The van der Waals surface area contributed by atoms with Crippen molar-refractivity contribution < 1.29 is 23.5 Å². The van der Waals surface area contributed by atoms with E-state index in [4.69, 9.17) is 28.6 Å². The maximum atomic E-state index is 5.67. The SMILES string of the molecule is COc1ccc(-c2nn(Cc3cc(OC)c(OC)c(OC)c3)c3c2-c2oncc2CC3)cc1. The maximum absolute atomic E-state index is 5.67. The van der Waals surface area contributed by atoms with E-state index in [0.29, 0.717) is 23.8 Å². The average Bonchev–Trinajstić information content (AvgIpc) is 3.48. The highest BCUT2D eigenvalue weighted by atomic mass is 16.5. The molecular formula is C25H25N3O5. The Morgan fingerprint density at radius 1 is 0.909 bits per heavy atom. The van der Waals surface area contributed by atoms with Gasteiger partial charge in [-0.1, -0.05) is 5.16 Å². The first-order valence-electron chi connectivity index (χ1n) is 10.6. The van der Waals surface area contributed by atoms with Crippen LogP contribution in [0.5, 0.6) is 23.0 Å². The van der Waals surface area contributed by atoms with Gasteiger partial charge in [-0.2, -0.15) is 5.10 Å².